The maximum Gasteiger partial charge on any atom is 0.157 e. The lowest BCUT2D eigenvalue weighted by Gasteiger charge is -2.39. The van der Waals surface area contributed by atoms with Gasteiger partial charge in [-0.3, -0.25) is 0 Å². The van der Waals surface area contributed by atoms with E-state index in [1.165, 1.54) is 0 Å². The molecule has 0 saturated carbocycles. The van der Waals surface area contributed by atoms with Crippen LogP contribution in [0.1, 0.15) is 20.8 Å². The summed E-state index contributed by atoms with van der Waals surface area (Å²) in [5.41, 5.74) is 0.944. The zero-order valence-corrected chi connectivity index (χ0v) is 10.9. The summed E-state index contributed by atoms with van der Waals surface area (Å²) in [6, 6.07) is 6.06. The molecule has 0 radical (unpaired) electrons. The Labute approximate surface area is 99.1 Å². The molecule has 0 bridgehead atoms. The summed E-state index contributed by atoms with van der Waals surface area (Å²) < 4.78 is 7.12. The van der Waals surface area contributed by atoms with Crippen molar-refractivity contribution in [1.29, 1.82) is 0 Å². The molecule has 2 nitrogen and oxygen atoms in total. The fourth-order valence-corrected chi connectivity index (χ4v) is 2.06. The summed E-state index contributed by atoms with van der Waals surface area (Å²) in [6.45, 7) is 7.37. The van der Waals surface area contributed by atoms with E-state index in [4.69, 9.17) is 4.74 Å². The molecule has 1 aliphatic rings. The third-order valence-corrected chi connectivity index (χ3v) is 3.78. The van der Waals surface area contributed by atoms with E-state index in [1.807, 2.05) is 18.2 Å². The molecule has 15 heavy (non-hydrogen) atoms. The molecule has 0 fully saturated rings. The van der Waals surface area contributed by atoms with Gasteiger partial charge in [0.25, 0.3) is 0 Å². The highest BCUT2D eigenvalue weighted by molar-refractivity contribution is 9.10. The van der Waals surface area contributed by atoms with Crippen molar-refractivity contribution in [3.05, 3.63) is 22.7 Å². The lowest BCUT2D eigenvalue weighted by Crippen LogP contribution is -2.47. The lowest BCUT2D eigenvalue weighted by atomic mass is 9.91. The van der Waals surface area contributed by atoms with E-state index in [2.05, 4.69) is 42.0 Å². The summed E-state index contributed by atoms with van der Waals surface area (Å²) in [6.07, 6.45) is 0. The normalized spacial score (nSPS) is 24.3. The van der Waals surface area contributed by atoms with Gasteiger partial charge < -0.3 is 10.1 Å². The fraction of sp³-hybridized carbons (Fsp3) is 0.500. The van der Waals surface area contributed by atoms with E-state index in [-0.39, 0.29) is 5.60 Å². The number of fused-ring (bicyclic) bond motifs is 1. The van der Waals surface area contributed by atoms with E-state index in [0.717, 1.165) is 22.5 Å². The predicted molar refractivity (Wildman–Crippen MR) is 66.5 cm³/mol. The Balaban J connectivity index is 2.37. The average molecular weight is 270 g/mol. The minimum absolute atomic E-state index is 0.128. The predicted octanol–water partition coefficient (Wildman–Crippen LogP) is 3.67. The van der Waals surface area contributed by atoms with E-state index in [1.54, 1.807) is 0 Å². The van der Waals surface area contributed by atoms with Crippen LogP contribution >= 0.6 is 15.9 Å². The maximum atomic E-state index is 6.10. The zero-order chi connectivity index (χ0) is 11.1. The number of halogens is 1. The van der Waals surface area contributed by atoms with Gasteiger partial charge in [0.2, 0.25) is 0 Å². The molecule has 82 valence electrons. The van der Waals surface area contributed by atoms with Crippen molar-refractivity contribution < 1.29 is 4.74 Å². The highest BCUT2D eigenvalue weighted by Gasteiger charge is 2.35. The Hall–Kier alpha value is -0.700. The van der Waals surface area contributed by atoms with Gasteiger partial charge in [0.1, 0.15) is 5.60 Å². The Kier molecular flexibility index (Phi) is 2.67. The van der Waals surface area contributed by atoms with Crippen molar-refractivity contribution in [3.63, 3.8) is 0 Å². The van der Waals surface area contributed by atoms with Crippen LogP contribution in [0, 0.1) is 5.92 Å². The van der Waals surface area contributed by atoms with Crippen LogP contribution in [0.2, 0.25) is 0 Å². The molecule has 0 aromatic heterocycles. The van der Waals surface area contributed by atoms with Gasteiger partial charge in [0.05, 0.1) is 16.7 Å². The van der Waals surface area contributed by atoms with Crippen molar-refractivity contribution in [1.82, 2.24) is 0 Å². The molecule has 1 aromatic rings. The number of benzene rings is 1. The molecule has 0 aliphatic carbocycles. The minimum Gasteiger partial charge on any atom is -0.482 e. The number of nitrogens with one attached hydrogen (secondary N) is 1. The first-order chi connectivity index (χ1) is 7.03. The molecule has 1 aliphatic heterocycles. The zero-order valence-electron chi connectivity index (χ0n) is 9.30. The highest BCUT2D eigenvalue weighted by atomic mass is 79.9. The summed E-state index contributed by atoms with van der Waals surface area (Å²) in [5.74, 6) is 1.41. The summed E-state index contributed by atoms with van der Waals surface area (Å²) in [4.78, 5) is 0. The number of rotatable bonds is 1. The third kappa shape index (κ3) is 1.85. The Morgan fingerprint density at radius 3 is 2.87 bits per heavy atom. The van der Waals surface area contributed by atoms with Crippen molar-refractivity contribution in [2.75, 3.05) is 11.9 Å². The number of para-hydroxylation sites is 1. The van der Waals surface area contributed by atoms with Gasteiger partial charge in [0, 0.05) is 0 Å². The number of hydrogen-bond donors (Lipinski definition) is 1. The van der Waals surface area contributed by atoms with E-state index >= 15 is 0 Å². The van der Waals surface area contributed by atoms with Gasteiger partial charge in [-0.2, -0.15) is 0 Å². The molecular formula is C12H16BrNO. The largest absolute Gasteiger partial charge is 0.482 e. The maximum absolute atomic E-state index is 6.10. The molecule has 1 unspecified atom stereocenters. The van der Waals surface area contributed by atoms with Crippen LogP contribution in [-0.4, -0.2) is 12.1 Å². The highest BCUT2D eigenvalue weighted by Crippen LogP contribution is 2.40. The second-order valence-corrected chi connectivity index (χ2v) is 5.39. The van der Waals surface area contributed by atoms with E-state index in [9.17, 15) is 0 Å². The first-order valence-corrected chi connectivity index (χ1v) is 6.03. The molecule has 1 heterocycles. The SMILES string of the molecule is CC(C)C1(C)CNc2cccc(Br)c2O1. The average Bonchev–Trinajstić information content (AvgIpc) is 2.19. The standard InChI is InChI=1S/C12H16BrNO/c1-8(2)12(3)7-14-10-6-4-5-9(13)11(10)15-12/h4-6,8,14H,7H2,1-3H3. The monoisotopic (exact) mass is 269 g/mol. The fourth-order valence-electron chi connectivity index (χ4n) is 1.61. The van der Waals surface area contributed by atoms with Gasteiger partial charge in [-0.05, 0) is 40.9 Å². The first-order valence-electron chi connectivity index (χ1n) is 5.24. The molecule has 0 saturated heterocycles. The van der Waals surface area contributed by atoms with Crippen LogP contribution in [0.15, 0.2) is 22.7 Å². The smallest absolute Gasteiger partial charge is 0.157 e. The molecule has 0 amide bonds. The van der Waals surface area contributed by atoms with Crippen LogP contribution in [-0.2, 0) is 0 Å². The van der Waals surface area contributed by atoms with Gasteiger partial charge in [-0.15, -0.1) is 0 Å². The summed E-state index contributed by atoms with van der Waals surface area (Å²) in [7, 11) is 0. The second kappa shape index (κ2) is 3.71. The second-order valence-electron chi connectivity index (χ2n) is 4.54. The molecule has 1 N–H and O–H groups in total. The molecule has 0 spiro atoms. The Bertz CT molecular complexity index is 378. The minimum atomic E-state index is -0.128. The summed E-state index contributed by atoms with van der Waals surface area (Å²) >= 11 is 3.52. The van der Waals surface area contributed by atoms with Crippen molar-refractivity contribution >= 4 is 21.6 Å². The van der Waals surface area contributed by atoms with E-state index < -0.39 is 0 Å². The molecule has 1 aromatic carbocycles. The molecular weight excluding hydrogens is 254 g/mol. The van der Waals surface area contributed by atoms with Crippen LogP contribution in [0.3, 0.4) is 0 Å². The topological polar surface area (TPSA) is 21.3 Å². The van der Waals surface area contributed by atoms with Crippen molar-refractivity contribution in [2.45, 2.75) is 26.4 Å². The molecule has 3 heteroatoms. The van der Waals surface area contributed by atoms with Gasteiger partial charge in [0.15, 0.2) is 5.75 Å². The molecule has 2 rings (SSSR count). The quantitative estimate of drug-likeness (QED) is 0.840. The number of anilines is 1. The third-order valence-electron chi connectivity index (χ3n) is 3.15. The Morgan fingerprint density at radius 1 is 1.47 bits per heavy atom. The Morgan fingerprint density at radius 2 is 2.20 bits per heavy atom. The van der Waals surface area contributed by atoms with Gasteiger partial charge >= 0.3 is 0 Å². The van der Waals surface area contributed by atoms with Gasteiger partial charge in [-0.1, -0.05) is 19.9 Å². The van der Waals surface area contributed by atoms with E-state index in [0.29, 0.717) is 5.92 Å². The van der Waals surface area contributed by atoms with Crippen molar-refractivity contribution in [2.24, 2.45) is 5.92 Å². The molecule has 1 atom stereocenters. The first kappa shape index (κ1) is 10.8. The van der Waals surface area contributed by atoms with Crippen LogP contribution in [0.25, 0.3) is 0 Å². The van der Waals surface area contributed by atoms with Crippen LogP contribution in [0.4, 0.5) is 5.69 Å². The van der Waals surface area contributed by atoms with Crippen LogP contribution in [0.5, 0.6) is 5.75 Å². The number of hydrogen-bond acceptors (Lipinski definition) is 2. The van der Waals surface area contributed by atoms with Crippen LogP contribution < -0.4 is 10.1 Å². The number of ether oxygens (including phenoxy) is 1. The van der Waals surface area contributed by atoms with Gasteiger partial charge in [-0.25, -0.2) is 0 Å². The lowest BCUT2D eigenvalue weighted by molar-refractivity contribution is 0.0467. The summed E-state index contributed by atoms with van der Waals surface area (Å²) in [5, 5.41) is 3.42. The van der Waals surface area contributed by atoms with Crippen molar-refractivity contribution in [3.8, 4) is 5.75 Å².